The van der Waals surface area contributed by atoms with Crippen molar-refractivity contribution in [3.63, 3.8) is 0 Å². The fourth-order valence-corrected chi connectivity index (χ4v) is 2.93. The fourth-order valence-electron chi connectivity index (χ4n) is 1.61. The Morgan fingerprint density at radius 1 is 1.35 bits per heavy atom. The standard InChI is InChI=1S/C12H15ClF3NO2S/c1-3-20(18,19)7-8(2)17-11-5-4-9(6-10(11)13)12(14,15)16/h4-6,8,17H,3,7H2,1-2H3. The Morgan fingerprint density at radius 3 is 2.40 bits per heavy atom. The summed E-state index contributed by atoms with van der Waals surface area (Å²) in [7, 11) is -3.17. The molecule has 0 aliphatic rings. The summed E-state index contributed by atoms with van der Waals surface area (Å²) in [4.78, 5) is 0. The number of hydrogen-bond donors (Lipinski definition) is 1. The van der Waals surface area contributed by atoms with Crippen molar-refractivity contribution in [2.45, 2.75) is 26.1 Å². The molecular weight excluding hydrogens is 315 g/mol. The Labute approximate surface area is 121 Å². The lowest BCUT2D eigenvalue weighted by Gasteiger charge is -2.17. The lowest BCUT2D eigenvalue weighted by molar-refractivity contribution is -0.137. The van der Waals surface area contributed by atoms with Gasteiger partial charge in [-0.05, 0) is 25.1 Å². The van der Waals surface area contributed by atoms with Crippen molar-refractivity contribution >= 4 is 27.1 Å². The van der Waals surface area contributed by atoms with E-state index < -0.39 is 27.6 Å². The number of sulfone groups is 1. The topological polar surface area (TPSA) is 46.2 Å². The first kappa shape index (κ1) is 17.1. The summed E-state index contributed by atoms with van der Waals surface area (Å²) in [5.74, 6) is -0.0966. The number of halogens is 4. The highest BCUT2D eigenvalue weighted by molar-refractivity contribution is 7.91. The average molecular weight is 330 g/mol. The zero-order valence-corrected chi connectivity index (χ0v) is 12.5. The molecular formula is C12H15ClF3NO2S. The summed E-state index contributed by atoms with van der Waals surface area (Å²) in [6.45, 7) is 3.16. The first-order valence-electron chi connectivity index (χ1n) is 5.89. The summed E-state index contributed by atoms with van der Waals surface area (Å²) >= 11 is 5.77. The monoisotopic (exact) mass is 329 g/mol. The molecule has 114 valence electrons. The minimum atomic E-state index is -4.46. The second-order valence-electron chi connectivity index (χ2n) is 4.44. The number of rotatable bonds is 5. The summed E-state index contributed by atoms with van der Waals surface area (Å²) < 4.78 is 60.3. The molecule has 0 heterocycles. The Hall–Kier alpha value is -0.950. The Morgan fingerprint density at radius 2 is 1.95 bits per heavy atom. The van der Waals surface area contributed by atoms with E-state index in [4.69, 9.17) is 11.6 Å². The predicted octanol–water partition coefficient (Wildman–Crippen LogP) is 3.59. The van der Waals surface area contributed by atoms with Gasteiger partial charge >= 0.3 is 6.18 Å². The Bertz CT molecular complexity index is 573. The van der Waals surface area contributed by atoms with Gasteiger partial charge < -0.3 is 5.32 Å². The van der Waals surface area contributed by atoms with Crippen LogP contribution in [-0.2, 0) is 16.0 Å². The van der Waals surface area contributed by atoms with Gasteiger partial charge in [-0.3, -0.25) is 0 Å². The van der Waals surface area contributed by atoms with Gasteiger partial charge in [0.25, 0.3) is 0 Å². The van der Waals surface area contributed by atoms with E-state index in [1.807, 2.05) is 0 Å². The lowest BCUT2D eigenvalue weighted by atomic mass is 10.2. The fraction of sp³-hybridized carbons (Fsp3) is 0.500. The molecule has 0 saturated carbocycles. The van der Waals surface area contributed by atoms with Crippen LogP contribution in [0.5, 0.6) is 0 Å². The van der Waals surface area contributed by atoms with E-state index in [1.54, 1.807) is 6.92 Å². The maximum absolute atomic E-state index is 12.5. The number of anilines is 1. The first-order valence-corrected chi connectivity index (χ1v) is 8.09. The third-order valence-corrected chi connectivity index (χ3v) is 4.84. The molecule has 0 aliphatic heterocycles. The normalized spacial score (nSPS) is 14.1. The molecule has 1 aromatic rings. The largest absolute Gasteiger partial charge is 0.416 e. The maximum Gasteiger partial charge on any atom is 0.416 e. The van der Waals surface area contributed by atoms with E-state index in [0.29, 0.717) is 0 Å². The van der Waals surface area contributed by atoms with Gasteiger partial charge in [-0.2, -0.15) is 13.2 Å². The lowest BCUT2D eigenvalue weighted by Crippen LogP contribution is -2.26. The SMILES string of the molecule is CCS(=O)(=O)CC(C)Nc1ccc(C(F)(F)F)cc1Cl. The van der Waals surface area contributed by atoms with Gasteiger partial charge in [0, 0.05) is 11.8 Å². The molecule has 0 amide bonds. The molecule has 0 bridgehead atoms. The number of hydrogen-bond acceptors (Lipinski definition) is 3. The van der Waals surface area contributed by atoms with Gasteiger partial charge in [0.1, 0.15) is 0 Å². The van der Waals surface area contributed by atoms with E-state index in [9.17, 15) is 21.6 Å². The molecule has 20 heavy (non-hydrogen) atoms. The zero-order valence-electron chi connectivity index (χ0n) is 11.0. The van der Waals surface area contributed by atoms with Gasteiger partial charge in [0.05, 0.1) is 22.0 Å². The van der Waals surface area contributed by atoms with Crippen molar-refractivity contribution in [2.24, 2.45) is 0 Å². The molecule has 1 atom stereocenters. The number of alkyl halides is 3. The highest BCUT2D eigenvalue weighted by atomic mass is 35.5. The number of benzene rings is 1. The van der Waals surface area contributed by atoms with Gasteiger partial charge in [-0.25, -0.2) is 8.42 Å². The van der Waals surface area contributed by atoms with E-state index in [2.05, 4.69) is 5.32 Å². The van der Waals surface area contributed by atoms with E-state index in [0.717, 1.165) is 12.1 Å². The van der Waals surface area contributed by atoms with Crippen molar-refractivity contribution < 1.29 is 21.6 Å². The Kier molecular flexibility index (Phi) is 5.32. The molecule has 1 aromatic carbocycles. The molecule has 1 rings (SSSR count). The Balaban J connectivity index is 2.84. The minimum absolute atomic E-state index is 0.0137. The van der Waals surface area contributed by atoms with Crippen LogP contribution in [0.4, 0.5) is 18.9 Å². The first-order chi connectivity index (χ1) is 9.05. The molecule has 0 saturated heterocycles. The quantitative estimate of drug-likeness (QED) is 0.898. The van der Waals surface area contributed by atoms with Crippen LogP contribution in [0.3, 0.4) is 0 Å². The van der Waals surface area contributed by atoms with E-state index in [-0.39, 0.29) is 22.2 Å². The summed E-state index contributed by atoms with van der Waals surface area (Å²) in [6, 6.07) is 2.45. The molecule has 0 aliphatic carbocycles. The van der Waals surface area contributed by atoms with Crippen LogP contribution in [0.2, 0.25) is 5.02 Å². The van der Waals surface area contributed by atoms with Crippen LogP contribution < -0.4 is 5.32 Å². The van der Waals surface area contributed by atoms with Crippen LogP contribution in [-0.4, -0.2) is 26.0 Å². The van der Waals surface area contributed by atoms with Crippen molar-refractivity contribution in [3.05, 3.63) is 28.8 Å². The summed E-state index contributed by atoms with van der Waals surface area (Å²) in [5.41, 5.74) is -0.569. The smallest absolute Gasteiger partial charge is 0.380 e. The highest BCUT2D eigenvalue weighted by Crippen LogP contribution is 2.33. The van der Waals surface area contributed by atoms with Crippen LogP contribution in [0.15, 0.2) is 18.2 Å². The van der Waals surface area contributed by atoms with Crippen LogP contribution >= 0.6 is 11.6 Å². The molecule has 1 N–H and O–H groups in total. The van der Waals surface area contributed by atoms with Gasteiger partial charge in [-0.15, -0.1) is 0 Å². The average Bonchev–Trinajstić information content (AvgIpc) is 2.29. The van der Waals surface area contributed by atoms with E-state index in [1.165, 1.54) is 13.0 Å². The van der Waals surface area contributed by atoms with Gasteiger partial charge in [0.15, 0.2) is 9.84 Å². The molecule has 0 spiro atoms. The van der Waals surface area contributed by atoms with Gasteiger partial charge in [-0.1, -0.05) is 18.5 Å². The summed E-state index contributed by atoms with van der Waals surface area (Å²) in [5, 5.41) is 2.70. The molecule has 0 radical (unpaired) electrons. The summed E-state index contributed by atoms with van der Waals surface area (Å²) in [6.07, 6.45) is -4.46. The predicted molar refractivity (Wildman–Crippen MR) is 73.9 cm³/mol. The molecule has 1 unspecified atom stereocenters. The van der Waals surface area contributed by atoms with Crippen molar-refractivity contribution in [2.75, 3.05) is 16.8 Å². The minimum Gasteiger partial charge on any atom is -0.380 e. The molecule has 0 aromatic heterocycles. The second kappa shape index (κ2) is 6.22. The number of nitrogens with one attached hydrogen (secondary N) is 1. The zero-order chi connectivity index (χ0) is 15.6. The van der Waals surface area contributed by atoms with Crippen molar-refractivity contribution in [1.82, 2.24) is 0 Å². The maximum atomic E-state index is 12.5. The molecule has 8 heteroatoms. The van der Waals surface area contributed by atoms with Crippen LogP contribution in [0, 0.1) is 0 Å². The highest BCUT2D eigenvalue weighted by Gasteiger charge is 2.31. The van der Waals surface area contributed by atoms with E-state index >= 15 is 0 Å². The third kappa shape index (κ3) is 4.86. The molecule has 3 nitrogen and oxygen atoms in total. The van der Waals surface area contributed by atoms with Crippen molar-refractivity contribution in [3.8, 4) is 0 Å². The van der Waals surface area contributed by atoms with Crippen molar-refractivity contribution in [1.29, 1.82) is 0 Å². The van der Waals surface area contributed by atoms with Crippen LogP contribution in [0.25, 0.3) is 0 Å². The van der Waals surface area contributed by atoms with Crippen LogP contribution in [0.1, 0.15) is 19.4 Å². The third-order valence-electron chi connectivity index (χ3n) is 2.64. The van der Waals surface area contributed by atoms with Gasteiger partial charge in [0.2, 0.25) is 0 Å². The molecule has 0 fully saturated rings. The second-order valence-corrected chi connectivity index (χ2v) is 7.24.